The van der Waals surface area contributed by atoms with E-state index in [9.17, 15) is 0 Å². The van der Waals surface area contributed by atoms with Crippen LogP contribution in [-0.2, 0) is 0 Å². The lowest BCUT2D eigenvalue weighted by atomic mass is 10.3. The Bertz CT molecular complexity index is 222. The van der Waals surface area contributed by atoms with Crippen molar-refractivity contribution in [2.45, 2.75) is 10.3 Å². The zero-order valence-electron chi connectivity index (χ0n) is 6.03. The van der Waals surface area contributed by atoms with Crippen molar-refractivity contribution in [2.75, 3.05) is 13.1 Å². The monoisotopic (exact) mass is 167 g/mol. The first kappa shape index (κ1) is 7.06. The number of thioether (sulfide) groups is 1. The minimum atomic E-state index is 0.713. The van der Waals surface area contributed by atoms with Crippen LogP contribution in [-0.4, -0.2) is 28.3 Å². The number of nitrogens with one attached hydrogen (secondary N) is 1. The van der Waals surface area contributed by atoms with Gasteiger partial charge in [0.05, 0.1) is 5.03 Å². The third kappa shape index (κ3) is 1.70. The summed E-state index contributed by atoms with van der Waals surface area (Å²) in [6, 6.07) is 1.95. The fourth-order valence-electron chi connectivity index (χ4n) is 0.865. The van der Waals surface area contributed by atoms with E-state index in [0.29, 0.717) is 5.25 Å². The van der Waals surface area contributed by atoms with Crippen molar-refractivity contribution in [2.24, 2.45) is 0 Å². The third-order valence-corrected chi connectivity index (χ3v) is 2.74. The smallest absolute Gasteiger partial charge is 0.116 e. The molecule has 1 aromatic rings. The second kappa shape index (κ2) is 3.19. The van der Waals surface area contributed by atoms with Crippen molar-refractivity contribution >= 4 is 11.8 Å². The predicted octanol–water partition coefficient (Wildman–Crippen LogP) is 0.540. The first-order valence-electron chi connectivity index (χ1n) is 3.58. The number of hydrogen-bond donors (Lipinski definition) is 1. The largest absolute Gasteiger partial charge is 0.314 e. The molecule has 0 saturated carbocycles. The van der Waals surface area contributed by atoms with Crippen molar-refractivity contribution in [1.82, 2.24) is 15.3 Å². The molecule has 0 amide bonds. The molecule has 0 radical (unpaired) electrons. The molecule has 1 saturated heterocycles. The molecule has 0 bridgehead atoms. The number of hydrogen-bond acceptors (Lipinski definition) is 4. The summed E-state index contributed by atoms with van der Waals surface area (Å²) in [6.07, 6.45) is 3.37. The summed E-state index contributed by atoms with van der Waals surface area (Å²) < 4.78 is 0. The molecule has 3 nitrogen and oxygen atoms in total. The van der Waals surface area contributed by atoms with Gasteiger partial charge in [0.2, 0.25) is 0 Å². The average molecular weight is 167 g/mol. The first-order valence-corrected chi connectivity index (χ1v) is 4.46. The van der Waals surface area contributed by atoms with E-state index in [-0.39, 0.29) is 0 Å². The quantitative estimate of drug-likeness (QED) is 0.652. The highest BCUT2D eigenvalue weighted by Gasteiger charge is 2.17. The zero-order chi connectivity index (χ0) is 7.52. The van der Waals surface area contributed by atoms with E-state index >= 15 is 0 Å². The van der Waals surface area contributed by atoms with Gasteiger partial charge >= 0.3 is 0 Å². The van der Waals surface area contributed by atoms with Gasteiger partial charge in [-0.15, -0.1) is 11.8 Å². The maximum absolute atomic E-state index is 4.12. The Balaban J connectivity index is 1.95. The van der Waals surface area contributed by atoms with Crippen LogP contribution in [0.2, 0.25) is 0 Å². The van der Waals surface area contributed by atoms with Crippen molar-refractivity contribution in [3.8, 4) is 0 Å². The second-order valence-corrected chi connectivity index (χ2v) is 3.77. The van der Waals surface area contributed by atoms with Gasteiger partial charge in [-0.25, -0.2) is 9.97 Å². The Labute approximate surface area is 69.6 Å². The van der Waals surface area contributed by atoms with Gasteiger partial charge in [0.25, 0.3) is 0 Å². The zero-order valence-corrected chi connectivity index (χ0v) is 6.84. The number of rotatable bonds is 2. The Morgan fingerprint density at radius 1 is 1.55 bits per heavy atom. The van der Waals surface area contributed by atoms with E-state index in [4.69, 9.17) is 0 Å². The third-order valence-electron chi connectivity index (χ3n) is 1.59. The van der Waals surface area contributed by atoms with Crippen molar-refractivity contribution in [3.05, 3.63) is 18.6 Å². The van der Waals surface area contributed by atoms with Gasteiger partial charge in [0.15, 0.2) is 0 Å². The average Bonchev–Trinajstić information content (AvgIpc) is 1.99. The van der Waals surface area contributed by atoms with Crippen LogP contribution in [0.25, 0.3) is 0 Å². The maximum atomic E-state index is 4.12. The summed E-state index contributed by atoms with van der Waals surface area (Å²) >= 11 is 1.82. The SMILES string of the molecule is c1cc(SC2CNC2)ncn1. The number of nitrogens with zero attached hydrogens (tertiary/aromatic N) is 2. The summed E-state index contributed by atoms with van der Waals surface area (Å²) in [6.45, 7) is 2.21. The van der Waals surface area contributed by atoms with Crippen LogP contribution in [0.3, 0.4) is 0 Å². The predicted molar refractivity (Wildman–Crippen MR) is 44.5 cm³/mol. The van der Waals surface area contributed by atoms with Crippen LogP contribution in [0.15, 0.2) is 23.6 Å². The maximum Gasteiger partial charge on any atom is 0.116 e. The second-order valence-electron chi connectivity index (χ2n) is 2.45. The Hall–Kier alpha value is -0.610. The minimum absolute atomic E-state index is 0.713. The molecular formula is C7H9N3S. The molecule has 0 aromatic carbocycles. The fraction of sp³-hybridized carbons (Fsp3) is 0.429. The molecule has 2 rings (SSSR count). The van der Waals surface area contributed by atoms with E-state index in [1.54, 1.807) is 12.5 Å². The molecule has 4 heteroatoms. The van der Waals surface area contributed by atoms with Gasteiger partial charge in [-0.05, 0) is 6.07 Å². The molecule has 1 N–H and O–H groups in total. The molecular weight excluding hydrogens is 158 g/mol. The Morgan fingerprint density at radius 3 is 3.00 bits per heavy atom. The summed E-state index contributed by atoms with van der Waals surface area (Å²) in [7, 11) is 0. The topological polar surface area (TPSA) is 37.8 Å². The normalized spacial score (nSPS) is 17.8. The van der Waals surface area contributed by atoms with E-state index in [2.05, 4.69) is 15.3 Å². The highest BCUT2D eigenvalue weighted by Crippen LogP contribution is 2.22. The molecule has 0 aliphatic carbocycles. The molecule has 1 aliphatic rings. The summed E-state index contributed by atoms with van der Waals surface area (Å²) in [4.78, 5) is 7.98. The summed E-state index contributed by atoms with van der Waals surface area (Å²) in [5.74, 6) is 0. The van der Waals surface area contributed by atoms with Gasteiger partial charge in [-0.3, -0.25) is 0 Å². The Morgan fingerprint density at radius 2 is 2.45 bits per heavy atom. The van der Waals surface area contributed by atoms with Crippen LogP contribution < -0.4 is 5.32 Å². The van der Waals surface area contributed by atoms with Crippen LogP contribution >= 0.6 is 11.8 Å². The van der Waals surface area contributed by atoms with Gasteiger partial charge in [-0.1, -0.05) is 0 Å². The van der Waals surface area contributed by atoms with Crippen LogP contribution in [0.5, 0.6) is 0 Å². The summed E-state index contributed by atoms with van der Waals surface area (Å²) in [5, 5.41) is 5.01. The lowest BCUT2D eigenvalue weighted by molar-refractivity contribution is 0.543. The number of aromatic nitrogens is 2. The molecule has 58 valence electrons. The first-order chi connectivity index (χ1) is 5.45. The van der Waals surface area contributed by atoms with E-state index in [0.717, 1.165) is 18.1 Å². The molecule has 1 aromatic heterocycles. The van der Waals surface area contributed by atoms with Crippen LogP contribution in [0.1, 0.15) is 0 Å². The minimum Gasteiger partial charge on any atom is -0.314 e. The fourth-order valence-corrected chi connectivity index (χ4v) is 1.86. The standard InChI is InChI=1S/C7H9N3S/c1-2-8-5-10-7(1)11-6-3-9-4-6/h1-2,5-6,9H,3-4H2. The Kier molecular flexibility index (Phi) is 2.05. The molecule has 1 aliphatic heterocycles. The molecule has 11 heavy (non-hydrogen) atoms. The molecule has 0 unspecified atom stereocenters. The highest BCUT2D eigenvalue weighted by molar-refractivity contribution is 8.00. The lowest BCUT2D eigenvalue weighted by Crippen LogP contribution is -2.44. The molecule has 2 heterocycles. The van der Waals surface area contributed by atoms with Gasteiger partial charge < -0.3 is 5.32 Å². The summed E-state index contributed by atoms with van der Waals surface area (Å²) in [5.41, 5.74) is 0. The van der Waals surface area contributed by atoms with Crippen LogP contribution in [0, 0.1) is 0 Å². The molecule has 0 atom stereocenters. The van der Waals surface area contributed by atoms with Gasteiger partial charge in [-0.2, -0.15) is 0 Å². The lowest BCUT2D eigenvalue weighted by Gasteiger charge is -2.25. The van der Waals surface area contributed by atoms with E-state index < -0.39 is 0 Å². The van der Waals surface area contributed by atoms with Crippen LogP contribution in [0.4, 0.5) is 0 Å². The van der Waals surface area contributed by atoms with E-state index in [1.807, 2.05) is 17.8 Å². The molecule has 1 fully saturated rings. The van der Waals surface area contributed by atoms with Crippen molar-refractivity contribution in [3.63, 3.8) is 0 Å². The van der Waals surface area contributed by atoms with E-state index in [1.165, 1.54) is 0 Å². The van der Waals surface area contributed by atoms with Gasteiger partial charge in [0, 0.05) is 24.5 Å². The van der Waals surface area contributed by atoms with Gasteiger partial charge in [0.1, 0.15) is 6.33 Å². The molecule has 0 spiro atoms. The van der Waals surface area contributed by atoms with Crippen molar-refractivity contribution < 1.29 is 0 Å². The van der Waals surface area contributed by atoms with Crippen molar-refractivity contribution in [1.29, 1.82) is 0 Å². The highest BCUT2D eigenvalue weighted by atomic mass is 32.2.